The van der Waals surface area contributed by atoms with Gasteiger partial charge in [-0.1, -0.05) is 36.4 Å². The Morgan fingerprint density at radius 3 is 2.87 bits per heavy atom. The predicted octanol–water partition coefficient (Wildman–Crippen LogP) is 2.37. The molecule has 0 unspecified atom stereocenters. The average molecular weight is 203 g/mol. The first-order chi connectivity index (χ1) is 7.31. The first-order valence-corrected chi connectivity index (χ1v) is 4.92. The summed E-state index contributed by atoms with van der Waals surface area (Å²) >= 11 is 0. The standard InChI is InChI=1S/C12H13NO2/c1-2-8-13-9-11(15-12(13)14)10-6-4-3-5-7-10/h2-7,11H,1,8-9H2/t11-/m0/s1. The Balaban J connectivity index is 2.09. The molecule has 1 atom stereocenters. The molecule has 1 fully saturated rings. The maximum absolute atomic E-state index is 11.4. The van der Waals surface area contributed by atoms with Gasteiger partial charge in [-0.3, -0.25) is 0 Å². The van der Waals surface area contributed by atoms with Crippen LogP contribution in [0, 0.1) is 0 Å². The normalized spacial score (nSPS) is 20.1. The van der Waals surface area contributed by atoms with Crippen molar-refractivity contribution in [2.24, 2.45) is 0 Å². The van der Waals surface area contributed by atoms with Gasteiger partial charge < -0.3 is 9.64 Å². The Morgan fingerprint density at radius 1 is 1.47 bits per heavy atom. The Bertz CT molecular complexity index is 361. The van der Waals surface area contributed by atoms with Crippen LogP contribution in [-0.4, -0.2) is 24.1 Å². The number of carbonyl (C=O) groups excluding carboxylic acids is 1. The topological polar surface area (TPSA) is 29.5 Å². The van der Waals surface area contributed by atoms with E-state index in [2.05, 4.69) is 6.58 Å². The first-order valence-electron chi connectivity index (χ1n) is 4.92. The van der Waals surface area contributed by atoms with E-state index in [9.17, 15) is 4.79 Å². The van der Waals surface area contributed by atoms with Crippen LogP contribution in [-0.2, 0) is 4.74 Å². The first kappa shape index (κ1) is 9.77. The van der Waals surface area contributed by atoms with Gasteiger partial charge in [0.05, 0.1) is 6.54 Å². The molecule has 1 saturated heterocycles. The summed E-state index contributed by atoms with van der Waals surface area (Å²) in [7, 11) is 0. The molecule has 1 heterocycles. The van der Waals surface area contributed by atoms with Gasteiger partial charge in [0.25, 0.3) is 0 Å². The van der Waals surface area contributed by atoms with Gasteiger partial charge in [-0.2, -0.15) is 0 Å². The van der Waals surface area contributed by atoms with Gasteiger partial charge in [0.2, 0.25) is 0 Å². The maximum Gasteiger partial charge on any atom is 0.410 e. The number of rotatable bonds is 3. The van der Waals surface area contributed by atoms with Crippen molar-refractivity contribution in [1.82, 2.24) is 4.90 Å². The third kappa shape index (κ3) is 2.01. The quantitative estimate of drug-likeness (QED) is 0.706. The van der Waals surface area contributed by atoms with Crippen molar-refractivity contribution in [3.63, 3.8) is 0 Å². The lowest BCUT2D eigenvalue weighted by molar-refractivity contribution is 0.134. The van der Waals surface area contributed by atoms with Gasteiger partial charge in [0.15, 0.2) is 0 Å². The Labute approximate surface area is 89.0 Å². The lowest BCUT2D eigenvalue weighted by Gasteiger charge is -2.09. The molecule has 0 aliphatic carbocycles. The van der Waals surface area contributed by atoms with E-state index in [1.54, 1.807) is 11.0 Å². The number of benzene rings is 1. The molecule has 15 heavy (non-hydrogen) atoms. The van der Waals surface area contributed by atoms with Crippen LogP contribution in [0.5, 0.6) is 0 Å². The summed E-state index contributed by atoms with van der Waals surface area (Å²) < 4.78 is 5.25. The number of ether oxygens (including phenoxy) is 1. The highest BCUT2D eigenvalue weighted by Gasteiger charge is 2.30. The van der Waals surface area contributed by atoms with Gasteiger partial charge in [-0.15, -0.1) is 6.58 Å². The number of hydrogen-bond acceptors (Lipinski definition) is 2. The highest BCUT2D eigenvalue weighted by Crippen LogP contribution is 2.25. The number of amides is 1. The average Bonchev–Trinajstić information content (AvgIpc) is 2.63. The van der Waals surface area contributed by atoms with Crippen molar-refractivity contribution in [2.75, 3.05) is 13.1 Å². The highest BCUT2D eigenvalue weighted by molar-refractivity contribution is 5.70. The Hall–Kier alpha value is -1.77. The molecular weight excluding hydrogens is 190 g/mol. The van der Waals surface area contributed by atoms with E-state index in [4.69, 9.17) is 4.74 Å². The van der Waals surface area contributed by atoms with E-state index in [-0.39, 0.29) is 12.2 Å². The van der Waals surface area contributed by atoms with Gasteiger partial charge in [-0.05, 0) is 5.56 Å². The maximum atomic E-state index is 11.4. The van der Waals surface area contributed by atoms with Crippen molar-refractivity contribution in [2.45, 2.75) is 6.10 Å². The third-order valence-corrected chi connectivity index (χ3v) is 2.41. The lowest BCUT2D eigenvalue weighted by atomic mass is 10.1. The minimum Gasteiger partial charge on any atom is -0.439 e. The molecule has 0 spiro atoms. The number of hydrogen-bond donors (Lipinski definition) is 0. The zero-order chi connectivity index (χ0) is 10.7. The van der Waals surface area contributed by atoms with E-state index >= 15 is 0 Å². The predicted molar refractivity (Wildman–Crippen MR) is 57.4 cm³/mol. The van der Waals surface area contributed by atoms with Crippen LogP contribution in [0.4, 0.5) is 4.79 Å². The third-order valence-electron chi connectivity index (χ3n) is 2.41. The molecule has 0 saturated carbocycles. The fourth-order valence-electron chi connectivity index (χ4n) is 1.65. The summed E-state index contributed by atoms with van der Waals surface area (Å²) in [5.74, 6) is 0. The molecule has 0 aromatic heterocycles. The van der Waals surface area contributed by atoms with Crippen LogP contribution in [0.1, 0.15) is 11.7 Å². The van der Waals surface area contributed by atoms with Crippen LogP contribution in [0.25, 0.3) is 0 Å². The molecule has 1 aromatic rings. The van der Waals surface area contributed by atoms with Crippen LogP contribution >= 0.6 is 0 Å². The second-order valence-electron chi connectivity index (χ2n) is 3.48. The molecule has 1 amide bonds. The van der Waals surface area contributed by atoms with Crippen LogP contribution in [0.3, 0.4) is 0 Å². The molecule has 1 aliphatic heterocycles. The second kappa shape index (κ2) is 4.17. The van der Waals surface area contributed by atoms with Crippen molar-refractivity contribution < 1.29 is 9.53 Å². The van der Waals surface area contributed by atoms with E-state index in [1.165, 1.54) is 0 Å². The highest BCUT2D eigenvalue weighted by atomic mass is 16.6. The van der Waals surface area contributed by atoms with Gasteiger partial charge in [-0.25, -0.2) is 4.79 Å². The fourth-order valence-corrected chi connectivity index (χ4v) is 1.65. The monoisotopic (exact) mass is 203 g/mol. The van der Waals surface area contributed by atoms with Gasteiger partial charge >= 0.3 is 6.09 Å². The molecule has 0 radical (unpaired) electrons. The second-order valence-corrected chi connectivity index (χ2v) is 3.48. The smallest absolute Gasteiger partial charge is 0.410 e. The summed E-state index contributed by atoms with van der Waals surface area (Å²) in [6.07, 6.45) is 1.30. The SMILES string of the molecule is C=CCN1C[C@@H](c2ccccc2)OC1=O. The van der Waals surface area contributed by atoms with Crippen molar-refractivity contribution in [1.29, 1.82) is 0 Å². The van der Waals surface area contributed by atoms with Crippen molar-refractivity contribution >= 4 is 6.09 Å². The van der Waals surface area contributed by atoms with Gasteiger partial charge in [0, 0.05) is 6.54 Å². The van der Waals surface area contributed by atoms with Crippen LogP contribution < -0.4 is 0 Å². The molecule has 1 aliphatic rings. The summed E-state index contributed by atoms with van der Waals surface area (Å²) in [4.78, 5) is 13.0. The Kier molecular flexibility index (Phi) is 2.72. The summed E-state index contributed by atoms with van der Waals surface area (Å²) in [5.41, 5.74) is 1.04. The van der Waals surface area contributed by atoms with Gasteiger partial charge in [0.1, 0.15) is 6.10 Å². The molecule has 0 N–H and O–H groups in total. The van der Waals surface area contributed by atoms with E-state index in [0.29, 0.717) is 13.1 Å². The Morgan fingerprint density at radius 2 is 2.20 bits per heavy atom. The summed E-state index contributed by atoms with van der Waals surface area (Å²) in [5, 5.41) is 0. The number of nitrogens with zero attached hydrogens (tertiary/aromatic N) is 1. The van der Waals surface area contributed by atoms with Crippen LogP contribution in [0.2, 0.25) is 0 Å². The molecule has 2 rings (SSSR count). The van der Waals surface area contributed by atoms with E-state index in [0.717, 1.165) is 5.56 Å². The van der Waals surface area contributed by atoms with E-state index < -0.39 is 0 Å². The molecule has 1 aromatic carbocycles. The molecule has 3 heteroatoms. The van der Waals surface area contributed by atoms with Crippen LogP contribution in [0.15, 0.2) is 43.0 Å². The largest absolute Gasteiger partial charge is 0.439 e. The zero-order valence-electron chi connectivity index (χ0n) is 8.43. The summed E-state index contributed by atoms with van der Waals surface area (Å²) in [6, 6.07) is 9.77. The number of cyclic esters (lactones) is 1. The van der Waals surface area contributed by atoms with E-state index in [1.807, 2.05) is 30.3 Å². The molecule has 3 nitrogen and oxygen atoms in total. The zero-order valence-corrected chi connectivity index (χ0v) is 8.43. The number of carbonyl (C=O) groups is 1. The molecular formula is C12H13NO2. The molecule has 78 valence electrons. The van der Waals surface area contributed by atoms with Crippen molar-refractivity contribution in [3.8, 4) is 0 Å². The fraction of sp³-hybridized carbons (Fsp3) is 0.250. The minimum absolute atomic E-state index is 0.140. The minimum atomic E-state index is -0.260. The summed E-state index contributed by atoms with van der Waals surface area (Å²) in [6.45, 7) is 4.76. The molecule has 0 bridgehead atoms. The lowest BCUT2D eigenvalue weighted by Crippen LogP contribution is -2.24. The van der Waals surface area contributed by atoms with Crippen molar-refractivity contribution in [3.05, 3.63) is 48.6 Å².